The molecule has 2 amide bonds. The third-order valence-corrected chi connectivity index (χ3v) is 6.62. The van der Waals surface area contributed by atoms with E-state index >= 15 is 0 Å². The fourth-order valence-corrected chi connectivity index (χ4v) is 4.88. The third-order valence-electron chi connectivity index (χ3n) is 5.74. The summed E-state index contributed by atoms with van der Waals surface area (Å²) in [6, 6.07) is 25.0. The topological polar surface area (TPSA) is 80.3 Å². The highest BCUT2D eigenvalue weighted by Gasteiger charge is 2.26. The van der Waals surface area contributed by atoms with Crippen molar-refractivity contribution in [2.75, 3.05) is 10.6 Å². The first-order valence-electron chi connectivity index (χ1n) is 11.0. The van der Waals surface area contributed by atoms with E-state index in [1.54, 1.807) is 6.92 Å². The molecule has 5 rings (SSSR count). The van der Waals surface area contributed by atoms with Crippen LogP contribution in [0, 0.1) is 6.92 Å². The number of carbonyl (C=O) groups is 2. The molecule has 1 aliphatic rings. The molecule has 0 radical (unpaired) electrons. The molecule has 0 fully saturated rings. The SMILES string of the molecule is Cc1sc(NC(=O)C(c2ccccc2)c2ccccc2)nc1-c1ccc2c(c1)NC(=O)[C@@H](C)O2. The standard InChI is InChI=1S/C27H23N3O3S/c1-16-25(31)28-21-15-20(13-14-22(21)33-16)24-17(2)34-27(29-24)30-26(32)23(18-9-5-3-6-10-18)19-11-7-4-8-12-19/h3-16,23H,1-2H3,(H,28,31)(H,29,30,32)/t16-/m1/s1. The number of aromatic nitrogens is 1. The molecular formula is C27H23N3O3S. The zero-order chi connectivity index (χ0) is 23.7. The van der Waals surface area contributed by atoms with Crippen LogP contribution in [-0.4, -0.2) is 22.9 Å². The number of nitrogens with zero attached hydrogens (tertiary/aromatic N) is 1. The highest BCUT2D eigenvalue weighted by atomic mass is 32.1. The maximum absolute atomic E-state index is 13.4. The minimum absolute atomic E-state index is 0.141. The summed E-state index contributed by atoms with van der Waals surface area (Å²) in [6.07, 6.45) is -0.525. The molecule has 3 aromatic carbocycles. The van der Waals surface area contributed by atoms with Gasteiger partial charge in [-0.2, -0.15) is 0 Å². The smallest absolute Gasteiger partial charge is 0.265 e. The van der Waals surface area contributed by atoms with E-state index in [1.807, 2.05) is 85.8 Å². The van der Waals surface area contributed by atoms with Crippen molar-refractivity contribution in [1.82, 2.24) is 4.98 Å². The zero-order valence-corrected chi connectivity index (χ0v) is 19.6. The Hall–Kier alpha value is -3.97. The summed E-state index contributed by atoms with van der Waals surface area (Å²) in [4.78, 5) is 31.1. The van der Waals surface area contributed by atoms with Crippen LogP contribution in [0.4, 0.5) is 10.8 Å². The van der Waals surface area contributed by atoms with Crippen molar-refractivity contribution < 1.29 is 14.3 Å². The minimum Gasteiger partial charge on any atom is -0.479 e. The van der Waals surface area contributed by atoms with E-state index < -0.39 is 12.0 Å². The number of amides is 2. The summed E-state index contributed by atoms with van der Waals surface area (Å²) >= 11 is 1.42. The number of hydrogen-bond donors (Lipinski definition) is 2. The summed E-state index contributed by atoms with van der Waals surface area (Å²) in [7, 11) is 0. The lowest BCUT2D eigenvalue weighted by atomic mass is 9.90. The first kappa shape index (κ1) is 21.9. The van der Waals surface area contributed by atoms with Gasteiger partial charge in [-0.25, -0.2) is 4.98 Å². The molecule has 0 spiro atoms. The van der Waals surface area contributed by atoms with Gasteiger partial charge in [-0.05, 0) is 43.2 Å². The Morgan fingerprint density at radius 3 is 2.32 bits per heavy atom. The van der Waals surface area contributed by atoms with Gasteiger partial charge in [0.1, 0.15) is 5.75 Å². The third kappa shape index (κ3) is 4.30. The number of thiazole rings is 1. The highest BCUT2D eigenvalue weighted by Crippen LogP contribution is 2.37. The molecule has 7 heteroatoms. The average Bonchev–Trinajstić information content (AvgIpc) is 3.21. The number of aryl methyl sites for hydroxylation is 1. The van der Waals surface area contributed by atoms with Crippen molar-refractivity contribution in [1.29, 1.82) is 0 Å². The number of nitrogens with one attached hydrogen (secondary N) is 2. The van der Waals surface area contributed by atoms with Crippen LogP contribution >= 0.6 is 11.3 Å². The molecule has 2 heterocycles. The Morgan fingerprint density at radius 2 is 1.68 bits per heavy atom. The second-order valence-electron chi connectivity index (χ2n) is 8.13. The maximum atomic E-state index is 13.4. The summed E-state index contributed by atoms with van der Waals surface area (Å²) in [5.74, 6) is -0.141. The van der Waals surface area contributed by atoms with Crippen molar-refractivity contribution in [2.24, 2.45) is 0 Å². The molecule has 1 aliphatic heterocycles. The Kier molecular flexibility index (Phi) is 5.86. The largest absolute Gasteiger partial charge is 0.479 e. The van der Waals surface area contributed by atoms with Crippen LogP contribution in [0.5, 0.6) is 5.75 Å². The van der Waals surface area contributed by atoms with E-state index in [2.05, 4.69) is 10.6 Å². The predicted molar refractivity (Wildman–Crippen MR) is 134 cm³/mol. The fraction of sp³-hybridized carbons (Fsp3) is 0.148. The number of hydrogen-bond acceptors (Lipinski definition) is 5. The van der Waals surface area contributed by atoms with E-state index in [1.165, 1.54) is 11.3 Å². The summed E-state index contributed by atoms with van der Waals surface area (Å²) in [5.41, 5.74) is 4.05. The molecule has 0 unspecified atom stereocenters. The van der Waals surface area contributed by atoms with Gasteiger partial charge in [0.2, 0.25) is 5.91 Å². The van der Waals surface area contributed by atoms with Gasteiger partial charge in [0, 0.05) is 10.4 Å². The molecule has 2 N–H and O–H groups in total. The molecule has 6 nitrogen and oxygen atoms in total. The van der Waals surface area contributed by atoms with Gasteiger partial charge in [-0.15, -0.1) is 11.3 Å². The van der Waals surface area contributed by atoms with Gasteiger partial charge in [0.05, 0.1) is 17.3 Å². The minimum atomic E-state index is -0.525. The highest BCUT2D eigenvalue weighted by molar-refractivity contribution is 7.16. The predicted octanol–water partition coefficient (Wildman–Crippen LogP) is 5.61. The molecular weight excluding hydrogens is 446 g/mol. The lowest BCUT2D eigenvalue weighted by Gasteiger charge is -2.23. The second-order valence-corrected chi connectivity index (χ2v) is 9.33. The molecule has 170 valence electrons. The van der Waals surface area contributed by atoms with Crippen molar-refractivity contribution in [3.8, 4) is 17.0 Å². The number of carbonyl (C=O) groups excluding carboxylic acids is 2. The summed E-state index contributed by atoms with van der Waals surface area (Å²) < 4.78 is 5.65. The van der Waals surface area contributed by atoms with Gasteiger partial charge < -0.3 is 15.4 Å². The second kappa shape index (κ2) is 9.11. The van der Waals surface area contributed by atoms with Crippen molar-refractivity contribution in [2.45, 2.75) is 25.9 Å². The van der Waals surface area contributed by atoms with E-state index in [0.717, 1.165) is 27.3 Å². The van der Waals surface area contributed by atoms with Gasteiger partial charge in [-0.3, -0.25) is 9.59 Å². The first-order chi connectivity index (χ1) is 16.5. The molecule has 1 aromatic heterocycles. The molecule has 0 saturated heterocycles. The van der Waals surface area contributed by atoms with Gasteiger partial charge in [0.15, 0.2) is 11.2 Å². The van der Waals surface area contributed by atoms with E-state index in [0.29, 0.717) is 16.6 Å². The average molecular weight is 470 g/mol. The maximum Gasteiger partial charge on any atom is 0.265 e. The van der Waals surface area contributed by atoms with E-state index in [9.17, 15) is 9.59 Å². The zero-order valence-electron chi connectivity index (χ0n) is 18.7. The molecule has 0 bridgehead atoms. The van der Waals surface area contributed by atoms with Gasteiger partial charge in [0.25, 0.3) is 5.91 Å². The summed E-state index contributed by atoms with van der Waals surface area (Å²) in [5, 5.41) is 6.42. The molecule has 34 heavy (non-hydrogen) atoms. The van der Waals surface area contributed by atoms with Crippen molar-refractivity contribution in [3.05, 3.63) is 94.9 Å². The number of rotatable bonds is 5. The number of fused-ring (bicyclic) bond motifs is 1. The van der Waals surface area contributed by atoms with Crippen LogP contribution in [0.1, 0.15) is 28.8 Å². The lowest BCUT2D eigenvalue weighted by molar-refractivity contribution is -0.122. The molecule has 4 aromatic rings. The Balaban J connectivity index is 1.42. The van der Waals surface area contributed by atoms with E-state index in [4.69, 9.17) is 9.72 Å². The first-order valence-corrected chi connectivity index (χ1v) is 11.8. The molecule has 1 atom stereocenters. The lowest BCUT2D eigenvalue weighted by Crippen LogP contribution is -2.34. The Bertz CT molecular complexity index is 1310. The van der Waals surface area contributed by atoms with Crippen LogP contribution < -0.4 is 15.4 Å². The Labute approximate surface area is 201 Å². The number of anilines is 2. The molecule has 0 aliphatic carbocycles. The number of benzene rings is 3. The monoisotopic (exact) mass is 469 g/mol. The van der Waals surface area contributed by atoms with Crippen LogP contribution in [0.3, 0.4) is 0 Å². The number of ether oxygens (including phenoxy) is 1. The van der Waals surface area contributed by atoms with Gasteiger partial charge >= 0.3 is 0 Å². The molecule has 0 saturated carbocycles. The van der Waals surface area contributed by atoms with Gasteiger partial charge in [-0.1, -0.05) is 60.7 Å². The van der Waals surface area contributed by atoms with Crippen LogP contribution in [0.25, 0.3) is 11.3 Å². The van der Waals surface area contributed by atoms with Crippen LogP contribution in [-0.2, 0) is 9.59 Å². The summed E-state index contributed by atoms with van der Waals surface area (Å²) in [6.45, 7) is 3.68. The quantitative estimate of drug-likeness (QED) is 0.398. The van der Waals surface area contributed by atoms with E-state index in [-0.39, 0.29) is 11.8 Å². The van der Waals surface area contributed by atoms with Crippen molar-refractivity contribution >= 4 is 34.0 Å². The normalized spacial score (nSPS) is 14.8. The van der Waals surface area contributed by atoms with Crippen LogP contribution in [0.15, 0.2) is 78.9 Å². The fourth-order valence-electron chi connectivity index (χ4n) is 4.04. The van der Waals surface area contributed by atoms with Crippen LogP contribution in [0.2, 0.25) is 0 Å². The van der Waals surface area contributed by atoms with Crippen molar-refractivity contribution in [3.63, 3.8) is 0 Å². The Morgan fingerprint density at radius 1 is 1.03 bits per heavy atom.